The van der Waals surface area contributed by atoms with E-state index in [0.29, 0.717) is 28.9 Å². The normalized spacial score (nSPS) is 16.0. The first-order chi connectivity index (χ1) is 15.0. The number of urea groups is 1. The SMILES string of the molecule is COc1cccc(-n2c(CC3CC(=O)NC(=O)N3)nnc2SCc2ccc(F)cc2)c1. The van der Waals surface area contributed by atoms with Gasteiger partial charge in [0.15, 0.2) is 5.16 Å². The third-order valence-corrected chi connectivity index (χ3v) is 5.74. The lowest BCUT2D eigenvalue weighted by Gasteiger charge is -2.23. The number of thioether (sulfide) groups is 1. The van der Waals surface area contributed by atoms with Gasteiger partial charge in [-0.2, -0.15) is 0 Å². The maximum atomic E-state index is 13.2. The van der Waals surface area contributed by atoms with Crippen LogP contribution in [0.5, 0.6) is 5.75 Å². The standard InChI is InChI=1S/C21H20FN5O3S/c1-30-17-4-2-3-16(11-17)27-18(9-15-10-19(28)24-20(29)23-15)25-26-21(27)31-12-13-5-7-14(22)8-6-13/h2-8,11,15H,9-10,12H2,1H3,(H2,23,24,28,29). The van der Waals surface area contributed by atoms with Crippen molar-refractivity contribution in [2.24, 2.45) is 0 Å². The molecule has 1 saturated heterocycles. The van der Waals surface area contributed by atoms with Crippen LogP contribution in [0.1, 0.15) is 17.8 Å². The van der Waals surface area contributed by atoms with E-state index < -0.39 is 6.03 Å². The molecule has 0 aliphatic carbocycles. The molecule has 1 aromatic heterocycles. The van der Waals surface area contributed by atoms with E-state index in [9.17, 15) is 14.0 Å². The largest absolute Gasteiger partial charge is 0.497 e. The number of carbonyl (C=O) groups is 2. The minimum atomic E-state index is -0.514. The fourth-order valence-electron chi connectivity index (χ4n) is 3.28. The number of amides is 3. The van der Waals surface area contributed by atoms with E-state index in [1.54, 1.807) is 19.2 Å². The Morgan fingerprint density at radius 1 is 1.19 bits per heavy atom. The predicted molar refractivity (Wildman–Crippen MR) is 113 cm³/mol. The van der Waals surface area contributed by atoms with Gasteiger partial charge in [0.1, 0.15) is 17.4 Å². The Labute approximate surface area is 182 Å². The topological polar surface area (TPSA) is 98.1 Å². The summed E-state index contributed by atoms with van der Waals surface area (Å²) in [7, 11) is 1.59. The smallest absolute Gasteiger partial charge is 0.321 e. The zero-order chi connectivity index (χ0) is 21.8. The van der Waals surface area contributed by atoms with Crippen molar-refractivity contribution in [1.29, 1.82) is 0 Å². The Morgan fingerprint density at radius 2 is 2.00 bits per heavy atom. The van der Waals surface area contributed by atoms with Crippen LogP contribution in [0, 0.1) is 5.82 Å². The number of carbonyl (C=O) groups excluding carboxylic acids is 2. The number of nitrogens with zero attached hydrogens (tertiary/aromatic N) is 3. The van der Waals surface area contributed by atoms with Crippen LogP contribution >= 0.6 is 11.8 Å². The van der Waals surface area contributed by atoms with Gasteiger partial charge in [-0.05, 0) is 29.8 Å². The summed E-state index contributed by atoms with van der Waals surface area (Å²) >= 11 is 1.46. The van der Waals surface area contributed by atoms with Crippen LogP contribution in [-0.4, -0.2) is 39.9 Å². The number of hydrogen-bond donors (Lipinski definition) is 2. The molecule has 4 rings (SSSR count). The van der Waals surface area contributed by atoms with Gasteiger partial charge in [0.2, 0.25) is 5.91 Å². The van der Waals surface area contributed by atoms with Crippen LogP contribution in [0.3, 0.4) is 0 Å². The lowest BCUT2D eigenvalue weighted by atomic mass is 10.1. The number of aromatic nitrogens is 3. The number of nitrogens with one attached hydrogen (secondary N) is 2. The van der Waals surface area contributed by atoms with Crippen LogP contribution in [0.25, 0.3) is 5.69 Å². The van der Waals surface area contributed by atoms with E-state index in [2.05, 4.69) is 20.8 Å². The summed E-state index contributed by atoms with van der Waals surface area (Å²) in [6.07, 6.45) is 0.495. The molecule has 0 saturated carbocycles. The number of hydrogen-bond acceptors (Lipinski definition) is 6. The van der Waals surface area contributed by atoms with Crippen molar-refractivity contribution in [3.63, 3.8) is 0 Å². The number of halogens is 1. The number of methoxy groups -OCH3 is 1. The second-order valence-corrected chi connectivity index (χ2v) is 7.92. The molecule has 0 spiro atoms. The molecule has 10 heteroatoms. The highest BCUT2D eigenvalue weighted by Gasteiger charge is 2.26. The molecule has 0 bridgehead atoms. The van der Waals surface area contributed by atoms with Crippen LogP contribution in [0.4, 0.5) is 9.18 Å². The van der Waals surface area contributed by atoms with Gasteiger partial charge in [-0.3, -0.25) is 14.7 Å². The highest BCUT2D eigenvalue weighted by atomic mass is 32.2. The second kappa shape index (κ2) is 9.17. The fraction of sp³-hybridized carbons (Fsp3) is 0.238. The molecular formula is C21H20FN5O3S. The average molecular weight is 441 g/mol. The maximum Gasteiger partial charge on any atom is 0.321 e. The van der Waals surface area contributed by atoms with Crippen molar-refractivity contribution in [3.8, 4) is 11.4 Å². The molecule has 1 aliphatic rings. The molecule has 1 fully saturated rings. The summed E-state index contributed by atoms with van der Waals surface area (Å²) < 4.78 is 20.4. The van der Waals surface area contributed by atoms with Gasteiger partial charge in [0.05, 0.1) is 12.8 Å². The van der Waals surface area contributed by atoms with Gasteiger partial charge in [0, 0.05) is 30.7 Å². The Bertz CT molecular complexity index is 1090. The molecule has 2 aromatic carbocycles. The summed E-state index contributed by atoms with van der Waals surface area (Å²) in [6, 6.07) is 12.9. The first kappa shape index (κ1) is 20.9. The van der Waals surface area contributed by atoms with Crippen LogP contribution in [-0.2, 0) is 17.0 Å². The van der Waals surface area contributed by atoms with E-state index in [1.807, 2.05) is 28.8 Å². The summed E-state index contributed by atoms with van der Waals surface area (Å²) in [4.78, 5) is 23.4. The molecule has 160 valence electrons. The van der Waals surface area contributed by atoms with Crippen LogP contribution in [0.15, 0.2) is 53.7 Å². The molecule has 2 N–H and O–H groups in total. The molecule has 1 unspecified atom stereocenters. The predicted octanol–water partition coefficient (Wildman–Crippen LogP) is 2.85. The summed E-state index contributed by atoms with van der Waals surface area (Å²) in [5, 5.41) is 14.3. The first-order valence-corrected chi connectivity index (χ1v) is 10.6. The molecule has 1 atom stereocenters. The van der Waals surface area contributed by atoms with Crippen molar-refractivity contribution in [2.75, 3.05) is 7.11 Å². The second-order valence-electron chi connectivity index (χ2n) is 6.98. The van der Waals surface area contributed by atoms with E-state index in [0.717, 1.165) is 11.3 Å². The molecule has 3 aromatic rings. The third kappa shape index (κ3) is 5.02. The number of rotatable bonds is 7. The van der Waals surface area contributed by atoms with Crippen molar-refractivity contribution >= 4 is 23.7 Å². The average Bonchev–Trinajstić information content (AvgIpc) is 3.15. The van der Waals surface area contributed by atoms with Gasteiger partial charge in [-0.1, -0.05) is 30.0 Å². The first-order valence-electron chi connectivity index (χ1n) is 9.58. The highest BCUT2D eigenvalue weighted by Crippen LogP contribution is 2.28. The molecule has 1 aliphatic heterocycles. The molecular weight excluding hydrogens is 421 g/mol. The maximum absolute atomic E-state index is 13.2. The zero-order valence-corrected chi connectivity index (χ0v) is 17.5. The Kier molecular flexibility index (Phi) is 6.17. The van der Waals surface area contributed by atoms with Gasteiger partial charge in [0.25, 0.3) is 0 Å². The zero-order valence-electron chi connectivity index (χ0n) is 16.7. The molecule has 31 heavy (non-hydrogen) atoms. The molecule has 2 heterocycles. The van der Waals surface area contributed by atoms with Gasteiger partial charge in [-0.25, -0.2) is 9.18 Å². The monoisotopic (exact) mass is 441 g/mol. The highest BCUT2D eigenvalue weighted by molar-refractivity contribution is 7.98. The van der Waals surface area contributed by atoms with E-state index in [4.69, 9.17) is 4.74 Å². The quantitative estimate of drug-likeness (QED) is 0.547. The Morgan fingerprint density at radius 3 is 2.74 bits per heavy atom. The minimum absolute atomic E-state index is 0.161. The summed E-state index contributed by atoms with van der Waals surface area (Å²) in [5.74, 6) is 1.25. The van der Waals surface area contributed by atoms with Crippen molar-refractivity contribution in [3.05, 3.63) is 65.7 Å². The van der Waals surface area contributed by atoms with Gasteiger partial charge >= 0.3 is 6.03 Å². The summed E-state index contributed by atoms with van der Waals surface area (Å²) in [6.45, 7) is 0. The fourth-order valence-corrected chi connectivity index (χ4v) is 4.21. The van der Waals surface area contributed by atoms with E-state index in [1.165, 1.54) is 23.9 Å². The number of imide groups is 1. The van der Waals surface area contributed by atoms with Crippen molar-refractivity contribution in [2.45, 2.75) is 29.8 Å². The van der Waals surface area contributed by atoms with Crippen LogP contribution < -0.4 is 15.4 Å². The van der Waals surface area contributed by atoms with Gasteiger partial charge < -0.3 is 10.1 Å². The Balaban J connectivity index is 1.63. The Hall–Kier alpha value is -3.40. The summed E-state index contributed by atoms with van der Waals surface area (Å²) in [5.41, 5.74) is 1.75. The van der Waals surface area contributed by atoms with Crippen molar-refractivity contribution < 1.29 is 18.7 Å². The van der Waals surface area contributed by atoms with Crippen molar-refractivity contribution in [1.82, 2.24) is 25.4 Å². The minimum Gasteiger partial charge on any atom is -0.497 e. The molecule has 8 nitrogen and oxygen atoms in total. The lowest BCUT2D eigenvalue weighted by Crippen LogP contribution is -2.53. The van der Waals surface area contributed by atoms with Crippen LogP contribution in [0.2, 0.25) is 0 Å². The molecule has 3 amide bonds. The molecule has 0 radical (unpaired) electrons. The van der Waals surface area contributed by atoms with E-state index >= 15 is 0 Å². The van der Waals surface area contributed by atoms with E-state index in [-0.39, 0.29) is 24.2 Å². The number of ether oxygens (including phenoxy) is 1. The van der Waals surface area contributed by atoms with Gasteiger partial charge in [-0.15, -0.1) is 10.2 Å². The lowest BCUT2D eigenvalue weighted by molar-refractivity contribution is -0.121. The number of benzene rings is 2. The third-order valence-electron chi connectivity index (χ3n) is 4.74.